The first-order valence-corrected chi connectivity index (χ1v) is 5.50. The summed E-state index contributed by atoms with van der Waals surface area (Å²) in [5, 5.41) is 3.27. The zero-order chi connectivity index (χ0) is 10.4. The number of nitrogens with one attached hydrogen (secondary N) is 1. The Morgan fingerprint density at radius 2 is 2.07 bits per heavy atom. The van der Waals surface area contributed by atoms with Gasteiger partial charge in [-0.25, -0.2) is 0 Å². The molecule has 0 saturated heterocycles. The summed E-state index contributed by atoms with van der Waals surface area (Å²) in [5.74, 6) is 0. The lowest BCUT2D eigenvalue weighted by Gasteiger charge is -2.09. The van der Waals surface area contributed by atoms with E-state index in [9.17, 15) is 0 Å². The molecule has 0 aliphatic carbocycles. The molecular formula is C12H17NS. The average Bonchev–Trinajstić information content (AvgIpc) is 2.18. The molecule has 0 amide bonds. The fraction of sp³-hybridized carbons (Fsp3) is 0.417. The first kappa shape index (κ1) is 11.2. The Kier molecular flexibility index (Phi) is 4.60. The van der Waals surface area contributed by atoms with E-state index in [-0.39, 0.29) is 0 Å². The number of hydrogen-bond donors (Lipinski definition) is 1. The van der Waals surface area contributed by atoms with Crippen LogP contribution in [0.25, 0.3) is 0 Å². The number of thiocarbonyl (C=S) groups is 1. The highest BCUT2D eigenvalue weighted by Gasteiger charge is 2.01. The van der Waals surface area contributed by atoms with Crippen LogP contribution in [0.3, 0.4) is 0 Å². The van der Waals surface area contributed by atoms with Gasteiger partial charge in [-0.2, -0.15) is 0 Å². The zero-order valence-electron chi connectivity index (χ0n) is 8.84. The third kappa shape index (κ3) is 3.11. The van der Waals surface area contributed by atoms with E-state index >= 15 is 0 Å². The lowest BCUT2D eigenvalue weighted by atomic mass is 10.1. The number of aryl methyl sites for hydroxylation is 1. The Bertz CT molecular complexity index is 307. The van der Waals surface area contributed by atoms with Crippen molar-refractivity contribution in [2.45, 2.75) is 26.7 Å². The maximum Gasteiger partial charge on any atom is 0.106 e. The van der Waals surface area contributed by atoms with E-state index in [1.807, 2.05) is 12.1 Å². The Hall–Kier alpha value is -0.890. The molecule has 0 saturated carbocycles. The van der Waals surface area contributed by atoms with Gasteiger partial charge in [0.25, 0.3) is 0 Å². The molecule has 0 atom stereocenters. The minimum atomic E-state index is 0.872. The number of rotatable bonds is 4. The van der Waals surface area contributed by atoms with Gasteiger partial charge in [-0.05, 0) is 18.9 Å². The maximum absolute atomic E-state index is 5.31. The van der Waals surface area contributed by atoms with Crippen LogP contribution >= 0.6 is 12.2 Å². The quantitative estimate of drug-likeness (QED) is 0.601. The van der Waals surface area contributed by atoms with E-state index in [4.69, 9.17) is 12.2 Å². The van der Waals surface area contributed by atoms with Crippen molar-refractivity contribution in [1.29, 1.82) is 0 Å². The third-order valence-corrected chi connectivity index (χ3v) is 2.57. The number of benzene rings is 1. The van der Waals surface area contributed by atoms with Crippen molar-refractivity contribution in [3.63, 3.8) is 0 Å². The summed E-state index contributed by atoms with van der Waals surface area (Å²) in [5.41, 5.74) is 2.39. The van der Waals surface area contributed by atoms with Gasteiger partial charge in [0, 0.05) is 12.1 Å². The summed E-state index contributed by atoms with van der Waals surface area (Å²) in [6, 6.07) is 8.21. The summed E-state index contributed by atoms with van der Waals surface area (Å²) in [7, 11) is 0. The maximum atomic E-state index is 5.31. The van der Waals surface area contributed by atoms with Crippen molar-refractivity contribution < 1.29 is 0 Å². The van der Waals surface area contributed by atoms with Crippen molar-refractivity contribution in [3.05, 3.63) is 35.4 Å². The summed E-state index contributed by atoms with van der Waals surface area (Å²) >= 11 is 5.31. The van der Waals surface area contributed by atoms with Gasteiger partial charge in [-0.15, -0.1) is 0 Å². The van der Waals surface area contributed by atoms with Crippen LogP contribution in [0, 0.1) is 6.92 Å². The molecule has 0 fully saturated rings. The van der Waals surface area contributed by atoms with Crippen LogP contribution in [0.15, 0.2) is 24.3 Å². The second-order valence-corrected chi connectivity index (χ2v) is 3.83. The second kappa shape index (κ2) is 5.76. The van der Waals surface area contributed by atoms with E-state index in [0.717, 1.165) is 17.1 Å². The molecule has 0 aliphatic heterocycles. The Morgan fingerprint density at radius 3 is 2.71 bits per heavy atom. The van der Waals surface area contributed by atoms with Gasteiger partial charge >= 0.3 is 0 Å². The van der Waals surface area contributed by atoms with Crippen LogP contribution in [-0.2, 0) is 0 Å². The summed E-state index contributed by atoms with van der Waals surface area (Å²) in [6.07, 6.45) is 2.37. The largest absolute Gasteiger partial charge is 0.376 e. The van der Waals surface area contributed by atoms with Gasteiger partial charge in [0.1, 0.15) is 4.99 Å². The van der Waals surface area contributed by atoms with E-state index in [0.29, 0.717) is 0 Å². The van der Waals surface area contributed by atoms with Gasteiger partial charge in [0.05, 0.1) is 0 Å². The predicted molar refractivity (Wildman–Crippen MR) is 65.8 cm³/mol. The molecule has 1 N–H and O–H groups in total. The SMILES string of the molecule is CCCCNC(=S)c1ccccc1C. The van der Waals surface area contributed by atoms with Gasteiger partial charge < -0.3 is 5.32 Å². The summed E-state index contributed by atoms with van der Waals surface area (Å²) in [6.45, 7) is 5.24. The molecule has 0 heterocycles. The lowest BCUT2D eigenvalue weighted by Crippen LogP contribution is -2.23. The summed E-state index contributed by atoms with van der Waals surface area (Å²) < 4.78 is 0. The van der Waals surface area contributed by atoms with Gasteiger partial charge in [0.2, 0.25) is 0 Å². The molecule has 14 heavy (non-hydrogen) atoms. The molecule has 0 bridgehead atoms. The molecule has 0 aromatic heterocycles. The highest BCUT2D eigenvalue weighted by molar-refractivity contribution is 7.80. The van der Waals surface area contributed by atoms with Crippen molar-refractivity contribution in [3.8, 4) is 0 Å². The van der Waals surface area contributed by atoms with Crippen LogP contribution in [0.2, 0.25) is 0 Å². The normalized spacial score (nSPS) is 9.86. The molecule has 76 valence electrons. The molecule has 1 rings (SSSR count). The average molecular weight is 207 g/mol. The summed E-state index contributed by atoms with van der Waals surface area (Å²) in [4.78, 5) is 0.872. The van der Waals surface area contributed by atoms with Gasteiger partial charge in [-0.1, -0.05) is 49.8 Å². The van der Waals surface area contributed by atoms with Crippen molar-refractivity contribution >= 4 is 17.2 Å². The molecule has 0 aliphatic rings. The monoisotopic (exact) mass is 207 g/mol. The highest BCUT2D eigenvalue weighted by atomic mass is 32.1. The Labute approximate surface area is 91.5 Å². The number of hydrogen-bond acceptors (Lipinski definition) is 1. The highest BCUT2D eigenvalue weighted by Crippen LogP contribution is 2.07. The van der Waals surface area contributed by atoms with Crippen LogP contribution in [0.1, 0.15) is 30.9 Å². The lowest BCUT2D eigenvalue weighted by molar-refractivity contribution is 0.759. The van der Waals surface area contributed by atoms with Crippen molar-refractivity contribution in [1.82, 2.24) is 5.32 Å². The topological polar surface area (TPSA) is 12.0 Å². The molecule has 2 heteroatoms. The third-order valence-electron chi connectivity index (χ3n) is 2.21. The molecule has 1 aromatic rings. The van der Waals surface area contributed by atoms with Gasteiger partial charge in [0.15, 0.2) is 0 Å². The fourth-order valence-electron chi connectivity index (χ4n) is 1.30. The van der Waals surface area contributed by atoms with E-state index in [1.165, 1.54) is 18.4 Å². The van der Waals surface area contributed by atoms with Crippen LogP contribution in [0.5, 0.6) is 0 Å². The van der Waals surface area contributed by atoms with E-state index < -0.39 is 0 Å². The Morgan fingerprint density at radius 1 is 1.36 bits per heavy atom. The van der Waals surface area contributed by atoms with Crippen molar-refractivity contribution in [2.24, 2.45) is 0 Å². The zero-order valence-corrected chi connectivity index (χ0v) is 9.66. The first-order chi connectivity index (χ1) is 6.75. The van der Waals surface area contributed by atoms with Gasteiger partial charge in [-0.3, -0.25) is 0 Å². The molecule has 0 spiro atoms. The first-order valence-electron chi connectivity index (χ1n) is 5.09. The van der Waals surface area contributed by atoms with Crippen LogP contribution in [-0.4, -0.2) is 11.5 Å². The predicted octanol–water partition coefficient (Wildman–Crippen LogP) is 3.06. The van der Waals surface area contributed by atoms with E-state index in [2.05, 4.69) is 31.3 Å². The standard InChI is InChI=1S/C12H17NS/c1-3-4-9-13-12(14)11-8-6-5-7-10(11)2/h5-8H,3-4,9H2,1-2H3,(H,13,14). The molecule has 0 unspecified atom stereocenters. The van der Waals surface area contributed by atoms with Crippen LogP contribution < -0.4 is 5.32 Å². The van der Waals surface area contributed by atoms with E-state index in [1.54, 1.807) is 0 Å². The fourth-order valence-corrected chi connectivity index (χ4v) is 1.63. The molecular weight excluding hydrogens is 190 g/mol. The molecule has 0 radical (unpaired) electrons. The smallest absolute Gasteiger partial charge is 0.106 e. The van der Waals surface area contributed by atoms with Crippen molar-refractivity contribution in [2.75, 3.05) is 6.54 Å². The molecule has 1 nitrogen and oxygen atoms in total. The molecule has 1 aromatic carbocycles. The minimum absolute atomic E-state index is 0.872. The number of unbranched alkanes of at least 4 members (excludes halogenated alkanes) is 1. The Balaban J connectivity index is 2.56. The van der Waals surface area contributed by atoms with Crippen LogP contribution in [0.4, 0.5) is 0 Å². The minimum Gasteiger partial charge on any atom is -0.376 e. The second-order valence-electron chi connectivity index (χ2n) is 3.42.